The molecule has 2 aromatic rings. The number of nitrogens with two attached hydrogens (primary N) is 1. The van der Waals surface area contributed by atoms with Crippen molar-refractivity contribution in [1.29, 1.82) is 0 Å². The fourth-order valence-electron chi connectivity index (χ4n) is 3.73. The van der Waals surface area contributed by atoms with E-state index in [2.05, 4.69) is 15.5 Å². The Hall–Kier alpha value is -2.24. The lowest BCUT2D eigenvalue weighted by Gasteiger charge is -2.50. The minimum Gasteiger partial charge on any atom is -1.00 e. The Bertz CT molecular complexity index is 1220. The van der Waals surface area contributed by atoms with E-state index >= 15 is 0 Å². The molecule has 0 bridgehead atoms. The molecule has 4 rings (SSSR count). The molecule has 0 aromatic carbocycles. The zero-order valence-electron chi connectivity index (χ0n) is 18.7. The summed E-state index contributed by atoms with van der Waals surface area (Å²) in [7, 11) is 1.85. The number of carboxylic acid groups (broad SMARTS) is 1. The van der Waals surface area contributed by atoms with Crippen LogP contribution in [0, 0.1) is 0 Å². The first-order valence-electron chi connectivity index (χ1n) is 10.2. The monoisotopic (exact) mass is 650 g/mol. The number of oxime groups is 1. The molecule has 35 heavy (non-hydrogen) atoms. The Kier molecular flexibility index (Phi) is 9.11. The average molecular weight is 651 g/mol. The number of carbonyl (C=O) groups excluding carboxylic acids is 2. The molecule has 0 radical (unpaired) electrons. The summed E-state index contributed by atoms with van der Waals surface area (Å²) in [4.78, 5) is 46.7. The highest BCUT2D eigenvalue weighted by atomic mass is 127. The molecule has 4 N–H and O–H groups in total. The summed E-state index contributed by atoms with van der Waals surface area (Å²) in [5.41, 5.74) is 6.82. The van der Waals surface area contributed by atoms with Gasteiger partial charge in [0.15, 0.2) is 22.7 Å². The van der Waals surface area contributed by atoms with Crippen molar-refractivity contribution in [2.45, 2.75) is 30.7 Å². The second kappa shape index (κ2) is 11.7. The predicted octanol–water partition coefficient (Wildman–Crippen LogP) is -1.68. The van der Waals surface area contributed by atoms with Crippen molar-refractivity contribution in [2.24, 2.45) is 12.2 Å². The topological polar surface area (TPSA) is 151 Å². The zero-order valence-corrected chi connectivity index (χ0v) is 23.3. The average Bonchev–Trinajstić information content (AvgIpc) is 3.25. The molecule has 2 aromatic heterocycles. The molecule has 2 amide bonds. The molecule has 0 spiro atoms. The molecule has 3 atom stereocenters. The minimum absolute atomic E-state index is 0. The van der Waals surface area contributed by atoms with Gasteiger partial charge in [0, 0.05) is 32.4 Å². The highest BCUT2D eigenvalue weighted by Gasteiger charge is 2.53. The molecule has 2 aliphatic heterocycles. The van der Waals surface area contributed by atoms with E-state index in [1.807, 2.05) is 36.0 Å². The number of fused-ring (bicyclic) bond motifs is 1. The van der Waals surface area contributed by atoms with E-state index in [1.165, 1.54) is 23.2 Å². The number of halogens is 1. The van der Waals surface area contributed by atoms with Crippen LogP contribution in [-0.4, -0.2) is 60.6 Å². The van der Waals surface area contributed by atoms with Gasteiger partial charge in [-0.1, -0.05) is 11.2 Å². The van der Waals surface area contributed by atoms with Crippen LogP contribution in [0.3, 0.4) is 0 Å². The maximum Gasteiger partial charge on any atom is 0.379 e. The number of aromatic nitrogens is 2. The van der Waals surface area contributed by atoms with Crippen molar-refractivity contribution < 1.29 is 52.9 Å². The lowest BCUT2D eigenvalue weighted by molar-refractivity contribution is -0.678. The first-order chi connectivity index (χ1) is 16.3. The highest BCUT2D eigenvalue weighted by molar-refractivity contribution is 8.39. The Labute approximate surface area is 229 Å². The number of anilines is 1. The normalized spacial score (nSPS) is 21.5. The molecule has 2 aliphatic rings. The quantitative estimate of drug-likeness (QED) is 0.0839. The second-order valence-corrected chi connectivity index (χ2v) is 11.5. The highest BCUT2D eigenvalue weighted by Crippen LogP contribution is 2.44. The van der Waals surface area contributed by atoms with Gasteiger partial charge >= 0.3 is 5.30 Å². The van der Waals surface area contributed by atoms with Gasteiger partial charge in [0.1, 0.15) is 25.9 Å². The van der Waals surface area contributed by atoms with Gasteiger partial charge in [-0.2, -0.15) is 0 Å². The summed E-state index contributed by atoms with van der Waals surface area (Å²) < 4.78 is 4.12. The minimum atomic E-state index is -1.38. The first-order valence-corrected chi connectivity index (χ1v) is 13.2. The number of β-lactam (4-membered cyclic amide) rings is 1. The molecule has 0 saturated carbocycles. The van der Waals surface area contributed by atoms with Crippen molar-refractivity contribution >= 4 is 65.9 Å². The van der Waals surface area contributed by atoms with E-state index in [4.69, 9.17) is 10.6 Å². The molecular weight excluding hydrogens is 627 g/mol. The van der Waals surface area contributed by atoms with Crippen LogP contribution in [0.4, 0.5) is 9.93 Å². The molecule has 0 aliphatic carbocycles. The third kappa shape index (κ3) is 5.62. The number of rotatable bonds is 6. The summed E-state index contributed by atoms with van der Waals surface area (Å²) in [6.07, 6.45) is 3.03. The summed E-state index contributed by atoms with van der Waals surface area (Å²) >= 11 is 2.61. The standard InChI is InChI=1S/C20H22N6O5S3.HI/c1-25-8-4-3-5-11(25)9-32-14-7-6-13-16(18(28)26(13)34(14)20(29)30)23-17(27)15(24-31-2)12-10-33-19(21)22-12;/h3-5,8,10,13,16H,6-7,9H2,1-2H3,(H3-,21,22,23,27,29,30);1H. The van der Waals surface area contributed by atoms with E-state index in [9.17, 15) is 19.5 Å². The van der Waals surface area contributed by atoms with Gasteiger partial charge in [0.25, 0.3) is 11.8 Å². The second-order valence-electron chi connectivity index (χ2n) is 7.43. The molecule has 1 fully saturated rings. The van der Waals surface area contributed by atoms with Crippen LogP contribution in [0.5, 0.6) is 0 Å². The van der Waals surface area contributed by atoms with E-state index in [1.54, 1.807) is 5.38 Å². The number of hydrogen-bond donors (Lipinski definition) is 3. The van der Waals surface area contributed by atoms with Crippen molar-refractivity contribution in [2.75, 3.05) is 12.8 Å². The van der Waals surface area contributed by atoms with Crippen LogP contribution >= 0.6 is 33.8 Å². The van der Waals surface area contributed by atoms with Crippen LogP contribution < -0.4 is 39.6 Å². The maximum atomic E-state index is 13.0. The van der Waals surface area contributed by atoms with Crippen molar-refractivity contribution in [1.82, 2.24) is 14.6 Å². The van der Waals surface area contributed by atoms with E-state index in [-0.39, 0.29) is 40.5 Å². The first kappa shape index (κ1) is 27.3. The third-order valence-electron chi connectivity index (χ3n) is 5.38. The van der Waals surface area contributed by atoms with E-state index in [0.29, 0.717) is 18.6 Å². The molecule has 15 heteroatoms. The number of carbonyl (C=O) groups is 3. The molecule has 11 nitrogen and oxygen atoms in total. The van der Waals surface area contributed by atoms with Gasteiger partial charge < -0.3 is 45.0 Å². The third-order valence-corrected chi connectivity index (χ3v) is 9.66. The van der Waals surface area contributed by atoms with Crippen molar-refractivity contribution in [3.05, 3.63) is 41.2 Å². The Morgan fingerprint density at radius 1 is 1.49 bits per heavy atom. The largest absolute Gasteiger partial charge is 1.00 e. The van der Waals surface area contributed by atoms with Gasteiger partial charge in [-0.15, -0.1) is 23.1 Å². The van der Waals surface area contributed by atoms with E-state index < -0.39 is 39.9 Å². The van der Waals surface area contributed by atoms with Crippen LogP contribution in [-0.2, 0) is 27.2 Å². The Morgan fingerprint density at radius 3 is 2.89 bits per heavy atom. The fraction of sp³-hybridized carbons (Fsp3) is 0.350. The number of thioether (sulfide) groups is 1. The van der Waals surface area contributed by atoms with Crippen LogP contribution in [0.1, 0.15) is 24.2 Å². The van der Waals surface area contributed by atoms with Gasteiger partial charge in [-0.05, 0) is 12.8 Å². The molecule has 4 heterocycles. The van der Waals surface area contributed by atoms with Crippen LogP contribution in [0.2, 0.25) is 0 Å². The van der Waals surface area contributed by atoms with Crippen LogP contribution in [0.25, 0.3) is 0 Å². The summed E-state index contributed by atoms with van der Waals surface area (Å²) in [6.45, 7) is 0. The maximum absolute atomic E-state index is 13.0. The molecule has 1 saturated heterocycles. The van der Waals surface area contributed by atoms with Crippen molar-refractivity contribution in [3.63, 3.8) is 0 Å². The Morgan fingerprint density at radius 2 is 2.26 bits per heavy atom. The van der Waals surface area contributed by atoms with Gasteiger partial charge in [-0.3, -0.25) is 13.9 Å². The number of hydrogen-bond acceptors (Lipinski definition) is 9. The SMILES string of the molecule is CON=C(C(=O)NC1C(=O)N2C1CCC(SCc1cccc[n+]1C)=S2C(=O)O)c1csc(N)n1.[I-]. The molecular formula is C20H23IN6O5S3. The fourth-order valence-corrected chi connectivity index (χ4v) is 7.91. The molecule has 188 valence electrons. The number of nitrogens with zero attached hydrogens (tertiary/aromatic N) is 4. The summed E-state index contributed by atoms with van der Waals surface area (Å²) in [6, 6.07) is 4.60. The van der Waals surface area contributed by atoms with Crippen LogP contribution in [0.15, 0.2) is 34.9 Å². The number of nitrogens with one attached hydrogen (secondary N) is 1. The summed E-state index contributed by atoms with van der Waals surface area (Å²) in [5.74, 6) is -0.466. The smallest absolute Gasteiger partial charge is 0.379 e. The number of aryl methyl sites for hydroxylation is 1. The number of nitrogen functional groups attached to an aromatic ring is 1. The molecule has 3 unspecified atom stereocenters. The predicted molar refractivity (Wildman–Crippen MR) is 131 cm³/mol. The summed E-state index contributed by atoms with van der Waals surface area (Å²) in [5, 5.41) is 17.1. The Balaban J connectivity index is 0.00000342. The number of amides is 2. The van der Waals surface area contributed by atoms with Crippen molar-refractivity contribution in [3.8, 4) is 0 Å². The number of pyridine rings is 1. The lowest BCUT2D eigenvalue weighted by atomic mass is 9.94. The number of thiazole rings is 1. The zero-order chi connectivity index (χ0) is 24.4. The van der Waals surface area contributed by atoms with Gasteiger partial charge in [0.2, 0.25) is 0 Å². The van der Waals surface area contributed by atoms with Gasteiger partial charge in [-0.25, -0.2) is 14.3 Å². The lowest BCUT2D eigenvalue weighted by Crippen LogP contribution is -3.00. The van der Waals surface area contributed by atoms with E-state index in [0.717, 1.165) is 21.2 Å². The van der Waals surface area contributed by atoms with Gasteiger partial charge in [0.05, 0.1) is 11.8 Å².